The summed E-state index contributed by atoms with van der Waals surface area (Å²) in [5, 5.41) is 9.36. The molecule has 0 aromatic carbocycles. The van der Waals surface area contributed by atoms with Crippen LogP contribution in [0.5, 0.6) is 0 Å². The Morgan fingerprint density at radius 2 is 2.12 bits per heavy atom. The van der Waals surface area contributed by atoms with E-state index in [1.54, 1.807) is 4.90 Å². The highest BCUT2D eigenvalue weighted by Gasteiger charge is 2.28. The third kappa shape index (κ3) is 4.28. The first-order chi connectivity index (χ1) is 8.06. The molecule has 0 spiro atoms. The number of hydrogen-bond acceptors (Lipinski definition) is 3. The molecule has 0 aromatic heterocycles. The summed E-state index contributed by atoms with van der Waals surface area (Å²) >= 11 is 0. The van der Waals surface area contributed by atoms with Crippen LogP contribution in [0.4, 0.5) is 0 Å². The molecule has 0 aliphatic carbocycles. The highest BCUT2D eigenvalue weighted by Crippen LogP contribution is 2.18. The van der Waals surface area contributed by atoms with E-state index >= 15 is 0 Å². The maximum absolute atomic E-state index is 12.2. The van der Waals surface area contributed by atoms with Crippen LogP contribution in [0.1, 0.15) is 46.0 Å². The molecule has 1 rings (SSSR count). The fourth-order valence-corrected chi connectivity index (χ4v) is 2.48. The molecule has 4 nitrogen and oxygen atoms in total. The Kier molecular flexibility index (Phi) is 5.92. The summed E-state index contributed by atoms with van der Waals surface area (Å²) in [5.74, 6) is 0.438. The number of rotatable bonds is 4. The third-order valence-electron chi connectivity index (χ3n) is 3.41. The van der Waals surface area contributed by atoms with Crippen molar-refractivity contribution in [2.45, 2.75) is 58.0 Å². The zero-order valence-corrected chi connectivity index (χ0v) is 11.1. The van der Waals surface area contributed by atoms with Gasteiger partial charge in [0.2, 0.25) is 5.91 Å². The molecule has 1 heterocycles. The van der Waals surface area contributed by atoms with Gasteiger partial charge in [0.05, 0.1) is 18.7 Å². The van der Waals surface area contributed by atoms with E-state index in [0.717, 1.165) is 32.2 Å². The van der Waals surface area contributed by atoms with Gasteiger partial charge in [-0.1, -0.05) is 26.7 Å². The lowest BCUT2D eigenvalue weighted by atomic mass is 10.0. The lowest BCUT2D eigenvalue weighted by Gasteiger charge is -2.31. The molecule has 100 valence electrons. The normalized spacial score (nSPS) is 23.6. The van der Waals surface area contributed by atoms with Crippen molar-refractivity contribution >= 4 is 5.91 Å². The van der Waals surface area contributed by atoms with E-state index in [2.05, 4.69) is 13.8 Å². The number of carbonyl (C=O) groups is 1. The Balaban J connectivity index is 2.63. The SMILES string of the molecule is CC(C)CC(N)C(=O)N1CCCCCC1CO. The van der Waals surface area contributed by atoms with Crippen molar-refractivity contribution < 1.29 is 9.90 Å². The summed E-state index contributed by atoms with van der Waals surface area (Å²) in [7, 11) is 0. The molecule has 1 aliphatic rings. The Labute approximate surface area is 104 Å². The second-order valence-electron chi connectivity index (χ2n) is 5.45. The average molecular weight is 242 g/mol. The van der Waals surface area contributed by atoms with Crippen LogP contribution < -0.4 is 5.73 Å². The molecule has 0 aromatic rings. The minimum atomic E-state index is -0.415. The van der Waals surface area contributed by atoms with Gasteiger partial charge in [-0.25, -0.2) is 0 Å². The van der Waals surface area contributed by atoms with Crippen LogP contribution in [-0.4, -0.2) is 41.1 Å². The Hall–Kier alpha value is -0.610. The largest absolute Gasteiger partial charge is 0.394 e. The summed E-state index contributed by atoms with van der Waals surface area (Å²) in [6.07, 6.45) is 4.87. The smallest absolute Gasteiger partial charge is 0.239 e. The molecule has 2 unspecified atom stereocenters. The second kappa shape index (κ2) is 6.97. The summed E-state index contributed by atoms with van der Waals surface area (Å²) < 4.78 is 0. The van der Waals surface area contributed by atoms with Crippen molar-refractivity contribution in [3.8, 4) is 0 Å². The Bertz CT molecular complexity index is 244. The minimum absolute atomic E-state index is 0.0136. The van der Waals surface area contributed by atoms with Crippen LogP contribution in [-0.2, 0) is 4.79 Å². The van der Waals surface area contributed by atoms with Gasteiger partial charge in [0.1, 0.15) is 0 Å². The van der Waals surface area contributed by atoms with Crippen LogP contribution in [0, 0.1) is 5.92 Å². The number of carbonyl (C=O) groups excluding carboxylic acids is 1. The number of likely N-dealkylation sites (tertiary alicyclic amines) is 1. The number of hydrogen-bond donors (Lipinski definition) is 2. The van der Waals surface area contributed by atoms with Crippen molar-refractivity contribution in [1.29, 1.82) is 0 Å². The molecule has 1 saturated heterocycles. The summed E-state index contributed by atoms with van der Waals surface area (Å²) in [5.41, 5.74) is 5.94. The molecular weight excluding hydrogens is 216 g/mol. The first-order valence-corrected chi connectivity index (χ1v) is 6.73. The van der Waals surface area contributed by atoms with E-state index in [1.807, 2.05) is 0 Å². The van der Waals surface area contributed by atoms with Crippen LogP contribution in [0.2, 0.25) is 0 Å². The average Bonchev–Trinajstić information content (AvgIpc) is 2.51. The van der Waals surface area contributed by atoms with Gasteiger partial charge in [0.25, 0.3) is 0 Å². The zero-order valence-electron chi connectivity index (χ0n) is 11.1. The molecule has 0 radical (unpaired) electrons. The van der Waals surface area contributed by atoms with Gasteiger partial charge in [-0.15, -0.1) is 0 Å². The van der Waals surface area contributed by atoms with Gasteiger partial charge in [0.15, 0.2) is 0 Å². The van der Waals surface area contributed by atoms with Crippen LogP contribution in [0.25, 0.3) is 0 Å². The zero-order chi connectivity index (χ0) is 12.8. The molecule has 2 atom stereocenters. The predicted octanol–water partition coefficient (Wildman–Crippen LogP) is 1.12. The van der Waals surface area contributed by atoms with Gasteiger partial charge in [0, 0.05) is 6.54 Å². The minimum Gasteiger partial charge on any atom is -0.394 e. The summed E-state index contributed by atoms with van der Waals surface area (Å²) in [6, 6.07) is -0.439. The first kappa shape index (κ1) is 14.5. The Morgan fingerprint density at radius 1 is 1.41 bits per heavy atom. The van der Waals surface area contributed by atoms with Crippen molar-refractivity contribution in [3.05, 3.63) is 0 Å². The van der Waals surface area contributed by atoms with E-state index in [0.29, 0.717) is 12.3 Å². The van der Waals surface area contributed by atoms with Crippen molar-refractivity contribution in [3.63, 3.8) is 0 Å². The quantitative estimate of drug-likeness (QED) is 0.776. The van der Waals surface area contributed by atoms with E-state index in [4.69, 9.17) is 5.73 Å². The molecule has 1 amide bonds. The summed E-state index contributed by atoms with van der Waals surface area (Å²) in [4.78, 5) is 14.1. The molecule has 0 bridgehead atoms. The predicted molar refractivity (Wildman–Crippen MR) is 68.5 cm³/mol. The fraction of sp³-hybridized carbons (Fsp3) is 0.923. The number of nitrogens with zero attached hydrogens (tertiary/aromatic N) is 1. The van der Waals surface area contributed by atoms with E-state index in [-0.39, 0.29) is 18.6 Å². The summed E-state index contributed by atoms with van der Waals surface area (Å²) in [6.45, 7) is 4.94. The number of nitrogens with two attached hydrogens (primary N) is 1. The molecular formula is C13H26N2O2. The number of amides is 1. The lowest BCUT2D eigenvalue weighted by molar-refractivity contribution is -0.136. The van der Waals surface area contributed by atoms with E-state index in [9.17, 15) is 9.90 Å². The molecule has 3 N–H and O–H groups in total. The van der Waals surface area contributed by atoms with Crippen LogP contribution >= 0.6 is 0 Å². The topological polar surface area (TPSA) is 66.6 Å². The van der Waals surface area contributed by atoms with Crippen molar-refractivity contribution in [2.24, 2.45) is 11.7 Å². The second-order valence-corrected chi connectivity index (χ2v) is 5.45. The Morgan fingerprint density at radius 3 is 2.71 bits per heavy atom. The van der Waals surface area contributed by atoms with Crippen LogP contribution in [0.3, 0.4) is 0 Å². The van der Waals surface area contributed by atoms with E-state index in [1.165, 1.54) is 0 Å². The molecule has 17 heavy (non-hydrogen) atoms. The highest BCUT2D eigenvalue weighted by molar-refractivity contribution is 5.82. The maximum atomic E-state index is 12.2. The van der Waals surface area contributed by atoms with Gasteiger partial charge >= 0.3 is 0 Å². The van der Waals surface area contributed by atoms with Crippen molar-refractivity contribution in [1.82, 2.24) is 4.90 Å². The van der Waals surface area contributed by atoms with Gasteiger partial charge in [-0.05, 0) is 25.2 Å². The maximum Gasteiger partial charge on any atom is 0.239 e. The molecule has 0 saturated carbocycles. The number of aliphatic hydroxyl groups excluding tert-OH is 1. The molecule has 1 fully saturated rings. The first-order valence-electron chi connectivity index (χ1n) is 6.73. The third-order valence-corrected chi connectivity index (χ3v) is 3.41. The van der Waals surface area contributed by atoms with Crippen LogP contribution in [0.15, 0.2) is 0 Å². The fourth-order valence-electron chi connectivity index (χ4n) is 2.48. The van der Waals surface area contributed by atoms with Gasteiger partial charge in [-0.2, -0.15) is 0 Å². The van der Waals surface area contributed by atoms with Gasteiger partial charge < -0.3 is 15.7 Å². The number of aliphatic hydroxyl groups is 1. The van der Waals surface area contributed by atoms with Crippen molar-refractivity contribution in [2.75, 3.05) is 13.2 Å². The monoisotopic (exact) mass is 242 g/mol. The van der Waals surface area contributed by atoms with Gasteiger partial charge in [-0.3, -0.25) is 4.79 Å². The highest BCUT2D eigenvalue weighted by atomic mass is 16.3. The van der Waals surface area contributed by atoms with E-state index < -0.39 is 6.04 Å². The molecule has 1 aliphatic heterocycles. The molecule has 4 heteroatoms. The standard InChI is InChI=1S/C13H26N2O2/c1-10(2)8-12(14)13(17)15-7-5-3-4-6-11(15)9-16/h10-12,16H,3-9,14H2,1-2H3. The lowest BCUT2D eigenvalue weighted by Crippen LogP contribution is -2.50.